The van der Waals surface area contributed by atoms with Crippen molar-refractivity contribution in [1.82, 2.24) is 24.9 Å². The number of nitrogens with one attached hydrogen (secondary N) is 4. The lowest BCUT2D eigenvalue weighted by Gasteiger charge is -2.24. The number of rotatable bonds is 12. The summed E-state index contributed by atoms with van der Waals surface area (Å²) in [5, 5.41) is 18.7. The Morgan fingerprint density at radius 3 is 2.57 bits per heavy atom. The first kappa shape index (κ1) is 33.0. The molecule has 1 fully saturated rings. The van der Waals surface area contributed by atoms with E-state index < -0.39 is 57.1 Å². The van der Waals surface area contributed by atoms with Gasteiger partial charge in [0.2, 0.25) is 10.0 Å². The highest BCUT2D eigenvalue weighted by atomic mass is 35.5. The van der Waals surface area contributed by atoms with Crippen molar-refractivity contribution in [1.29, 1.82) is 0 Å². The van der Waals surface area contributed by atoms with Crippen LogP contribution in [-0.4, -0.2) is 89.4 Å². The number of carbonyl (C=O) groups excluding carboxylic acids is 2. The Morgan fingerprint density at radius 2 is 1.89 bits per heavy atom. The van der Waals surface area contributed by atoms with Crippen molar-refractivity contribution < 1.29 is 37.5 Å². The first-order valence-corrected chi connectivity index (χ1v) is 16.1. The van der Waals surface area contributed by atoms with Crippen LogP contribution in [0.25, 0.3) is 0 Å². The van der Waals surface area contributed by atoms with Crippen LogP contribution in [0.2, 0.25) is 10.0 Å². The van der Waals surface area contributed by atoms with Crippen LogP contribution < -0.4 is 15.4 Å². The molecule has 2 amide bonds. The number of amides is 2. The van der Waals surface area contributed by atoms with Crippen LogP contribution in [0, 0.1) is 0 Å². The lowest BCUT2D eigenvalue weighted by molar-refractivity contribution is -0.138. The number of sulfonamides is 1. The van der Waals surface area contributed by atoms with Gasteiger partial charge in [0.1, 0.15) is 23.3 Å². The minimum Gasteiger partial charge on any atom is -0.480 e. The van der Waals surface area contributed by atoms with Crippen molar-refractivity contribution in [3.63, 3.8) is 0 Å². The van der Waals surface area contributed by atoms with E-state index in [2.05, 4.69) is 25.8 Å². The summed E-state index contributed by atoms with van der Waals surface area (Å²) in [5.74, 6) is -1.82. The van der Waals surface area contributed by atoms with Crippen LogP contribution in [0.4, 0.5) is 10.7 Å². The fourth-order valence-corrected chi connectivity index (χ4v) is 7.45. The van der Waals surface area contributed by atoms with E-state index in [1.54, 1.807) is 12.4 Å². The minimum absolute atomic E-state index is 0.00273. The average Bonchev–Trinajstić information content (AvgIpc) is 3.78. The third-order valence-corrected chi connectivity index (χ3v) is 9.73. The highest BCUT2D eigenvalue weighted by Gasteiger charge is 2.53. The van der Waals surface area contributed by atoms with Crippen molar-refractivity contribution in [2.24, 2.45) is 5.16 Å². The summed E-state index contributed by atoms with van der Waals surface area (Å²) < 4.78 is 33.3. The largest absolute Gasteiger partial charge is 0.480 e. The molecule has 1 spiro atoms. The number of likely N-dealkylation sites (tertiary alicyclic amines) is 1. The number of H-pyrrole nitrogens is 1. The van der Waals surface area contributed by atoms with Gasteiger partial charge in [-0.25, -0.2) is 18.2 Å². The number of aromatic amines is 1. The number of carboxylic acid groups (broad SMARTS) is 1. The first-order chi connectivity index (χ1) is 22.0. The summed E-state index contributed by atoms with van der Waals surface area (Å²) in [5.41, 5.74) is -0.299. The maximum atomic E-state index is 13.2. The number of aromatic nitrogens is 2. The molecular formula is C28H29Cl2N7O8S. The van der Waals surface area contributed by atoms with Gasteiger partial charge in [-0.2, -0.15) is 4.72 Å². The van der Waals surface area contributed by atoms with Gasteiger partial charge in [-0.3, -0.25) is 14.5 Å². The third kappa shape index (κ3) is 7.70. The summed E-state index contributed by atoms with van der Waals surface area (Å²) in [6.07, 6.45) is 2.93. The van der Waals surface area contributed by atoms with E-state index in [0.29, 0.717) is 5.95 Å². The number of benzene rings is 2. The van der Waals surface area contributed by atoms with E-state index in [-0.39, 0.29) is 48.3 Å². The van der Waals surface area contributed by atoms with Crippen LogP contribution in [-0.2, 0) is 35.8 Å². The SMILES string of the molecule is O=C(NC[C@H](NS(=O)(=O)c1c(Cl)cccc1Cl)C(=O)O)C1=NOC2(C1)CC(CNc1ncc[nH]1)N(C(=O)OCc1ccccc1)C2. The van der Waals surface area contributed by atoms with Crippen LogP contribution in [0.15, 0.2) is 71.0 Å². The van der Waals surface area contributed by atoms with Gasteiger partial charge in [-0.15, -0.1) is 0 Å². The molecule has 5 rings (SSSR count). The second kappa shape index (κ2) is 13.9. The zero-order valence-electron chi connectivity index (χ0n) is 24.0. The molecule has 3 heterocycles. The molecule has 0 radical (unpaired) electrons. The first-order valence-electron chi connectivity index (χ1n) is 13.9. The Morgan fingerprint density at radius 1 is 1.15 bits per heavy atom. The molecule has 15 nitrogen and oxygen atoms in total. The van der Waals surface area contributed by atoms with Gasteiger partial charge >= 0.3 is 12.1 Å². The molecule has 2 aliphatic heterocycles. The molecule has 0 aliphatic carbocycles. The highest BCUT2D eigenvalue weighted by molar-refractivity contribution is 7.89. The van der Waals surface area contributed by atoms with E-state index in [9.17, 15) is 27.9 Å². The summed E-state index contributed by atoms with van der Waals surface area (Å²) in [4.78, 5) is 51.9. The molecule has 18 heteroatoms. The molecule has 244 valence electrons. The topological polar surface area (TPSA) is 204 Å². The van der Waals surface area contributed by atoms with E-state index in [1.165, 1.54) is 23.1 Å². The van der Waals surface area contributed by atoms with Gasteiger partial charge in [0.15, 0.2) is 11.5 Å². The number of nitrogens with zero attached hydrogens (tertiary/aromatic N) is 3. The third-order valence-electron chi connectivity index (χ3n) is 7.30. The number of imidazole rings is 1. The quantitative estimate of drug-likeness (QED) is 0.188. The van der Waals surface area contributed by atoms with Crippen molar-refractivity contribution in [3.8, 4) is 0 Å². The molecule has 3 aromatic rings. The predicted octanol–water partition coefficient (Wildman–Crippen LogP) is 2.60. The average molecular weight is 695 g/mol. The molecule has 2 aliphatic rings. The smallest absolute Gasteiger partial charge is 0.410 e. The second-order valence-electron chi connectivity index (χ2n) is 10.6. The molecular weight excluding hydrogens is 665 g/mol. The Kier molecular flexibility index (Phi) is 10.0. The van der Waals surface area contributed by atoms with E-state index in [1.807, 2.05) is 35.1 Å². The number of halogens is 2. The number of anilines is 1. The zero-order chi connectivity index (χ0) is 32.9. The maximum absolute atomic E-state index is 13.2. The number of carboxylic acids is 1. The van der Waals surface area contributed by atoms with Crippen LogP contribution in [0.1, 0.15) is 18.4 Å². The second-order valence-corrected chi connectivity index (χ2v) is 13.1. The Balaban J connectivity index is 1.21. The number of oxime groups is 1. The monoisotopic (exact) mass is 693 g/mol. The van der Waals surface area contributed by atoms with Crippen molar-refractivity contribution in [2.75, 3.05) is 25.0 Å². The zero-order valence-corrected chi connectivity index (χ0v) is 26.3. The van der Waals surface area contributed by atoms with Gasteiger partial charge in [0.05, 0.1) is 22.6 Å². The summed E-state index contributed by atoms with van der Waals surface area (Å²) in [7, 11) is -4.48. The molecule has 2 unspecified atom stereocenters. The standard InChI is InChI=1S/C28H29Cl2N7O8S/c29-19-7-4-8-20(30)23(19)46(42,43)36-22(25(39)40)14-33-24(38)21-12-28(45-35-21)11-18(13-34-26-31-9-10-32-26)37(16-28)27(41)44-15-17-5-2-1-3-6-17/h1-10,18,22,36H,11-16H2,(H,33,38)(H,39,40)(H2,31,32,34)/t18?,22-,28?/m0/s1. The van der Waals surface area contributed by atoms with Gasteiger partial charge in [-0.05, 0) is 17.7 Å². The number of carbonyl (C=O) groups is 3. The molecule has 1 saturated heterocycles. The van der Waals surface area contributed by atoms with E-state index in [4.69, 9.17) is 32.8 Å². The normalized spacial score (nSPS) is 19.7. The van der Waals surface area contributed by atoms with Crippen LogP contribution >= 0.6 is 23.2 Å². The number of hydrogen-bond donors (Lipinski definition) is 5. The number of hydrogen-bond acceptors (Lipinski definition) is 10. The van der Waals surface area contributed by atoms with Crippen molar-refractivity contribution in [2.45, 2.75) is 42.0 Å². The molecule has 2 aromatic carbocycles. The Bertz CT molecular complexity index is 1710. The minimum atomic E-state index is -4.48. The fraction of sp³-hybridized carbons (Fsp3) is 0.321. The van der Waals surface area contributed by atoms with E-state index >= 15 is 0 Å². The maximum Gasteiger partial charge on any atom is 0.410 e. The number of ether oxygens (including phenoxy) is 1. The fourth-order valence-electron chi connectivity index (χ4n) is 5.12. The molecule has 1 aromatic heterocycles. The summed E-state index contributed by atoms with van der Waals surface area (Å²) in [6, 6.07) is 11.0. The molecule has 3 atom stereocenters. The Hall–Kier alpha value is -4.38. The van der Waals surface area contributed by atoms with Gasteiger partial charge < -0.3 is 30.3 Å². The van der Waals surface area contributed by atoms with Crippen LogP contribution in [0.3, 0.4) is 0 Å². The lowest BCUT2D eigenvalue weighted by Crippen LogP contribution is -2.49. The summed E-state index contributed by atoms with van der Waals surface area (Å²) in [6.45, 7) is -0.225. The molecule has 46 heavy (non-hydrogen) atoms. The number of aliphatic carboxylic acids is 1. The van der Waals surface area contributed by atoms with Gasteiger partial charge in [0.25, 0.3) is 5.91 Å². The van der Waals surface area contributed by atoms with Gasteiger partial charge in [-0.1, -0.05) is 64.8 Å². The van der Waals surface area contributed by atoms with E-state index in [0.717, 1.165) is 5.56 Å². The Labute approximate surface area is 273 Å². The van der Waals surface area contributed by atoms with Crippen LogP contribution in [0.5, 0.6) is 0 Å². The summed E-state index contributed by atoms with van der Waals surface area (Å²) >= 11 is 12.0. The predicted molar refractivity (Wildman–Crippen MR) is 166 cm³/mol. The van der Waals surface area contributed by atoms with Crippen molar-refractivity contribution >= 4 is 62.9 Å². The van der Waals surface area contributed by atoms with Crippen molar-refractivity contribution in [3.05, 3.63) is 76.5 Å². The highest BCUT2D eigenvalue weighted by Crippen LogP contribution is 2.38. The van der Waals surface area contributed by atoms with Gasteiger partial charge in [0, 0.05) is 38.3 Å². The molecule has 0 saturated carbocycles. The molecule has 0 bridgehead atoms. The lowest BCUT2D eigenvalue weighted by atomic mass is 9.94. The molecule has 5 N–H and O–H groups in total.